The van der Waals surface area contributed by atoms with E-state index >= 15 is 0 Å². The average molecular weight is 178 g/mol. The summed E-state index contributed by atoms with van der Waals surface area (Å²) in [5, 5.41) is 0. The molecule has 0 saturated heterocycles. The van der Waals surface area contributed by atoms with Crippen LogP contribution in [-0.4, -0.2) is 7.11 Å². The Kier molecular flexibility index (Phi) is 5.69. The lowest BCUT2D eigenvalue weighted by Gasteiger charge is -2.04. The summed E-state index contributed by atoms with van der Waals surface area (Å²) in [4.78, 5) is 0. The van der Waals surface area contributed by atoms with Crippen molar-refractivity contribution < 1.29 is 4.74 Å². The first kappa shape index (κ1) is 11.8. The molecule has 0 spiro atoms. The Balaban J connectivity index is 0.000000671. The van der Waals surface area contributed by atoms with Crippen LogP contribution < -0.4 is 4.74 Å². The van der Waals surface area contributed by atoms with Gasteiger partial charge in [-0.25, -0.2) is 0 Å². The molecule has 1 heteroatoms. The molecule has 0 aromatic heterocycles. The molecule has 0 saturated carbocycles. The summed E-state index contributed by atoms with van der Waals surface area (Å²) in [5.74, 6) is 0.880. The molecule has 0 unspecified atom stereocenters. The summed E-state index contributed by atoms with van der Waals surface area (Å²) in [6, 6.07) is 6.02. The number of methoxy groups -OCH3 is 1. The Bertz CT molecular complexity index is 264. The highest BCUT2D eigenvalue weighted by molar-refractivity contribution is 5.56. The molecular weight excluding hydrogens is 160 g/mol. The molecule has 0 bridgehead atoms. The van der Waals surface area contributed by atoms with Crippen molar-refractivity contribution in [3.05, 3.63) is 35.9 Å². The largest absolute Gasteiger partial charge is 0.496 e. The van der Waals surface area contributed by atoms with Crippen molar-refractivity contribution in [1.29, 1.82) is 0 Å². The molecule has 0 N–H and O–H groups in total. The summed E-state index contributed by atoms with van der Waals surface area (Å²) in [7, 11) is 1.66. The van der Waals surface area contributed by atoms with E-state index in [-0.39, 0.29) is 0 Å². The third-order valence-electron chi connectivity index (χ3n) is 1.61. The molecule has 0 aliphatic rings. The van der Waals surface area contributed by atoms with Gasteiger partial charge in [0, 0.05) is 5.56 Å². The van der Waals surface area contributed by atoms with Gasteiger partial charge >= 0.3 is 0 Å². The van der Waals surface area contributed by atoms with Gasteiger partial charge in [-0.1, -0.05) is 38.1 Å². The van der Waals surface area contributed by atoms with E-state index < -0.39 is 0 Å². The maximum Gasteiger partial charge on any atom is 0.126 e. The molecule has 0 amide bonds. The summed E-state index contributed by atoms with van der Waals surface area (Å²) in [6.07, 6.45) is 1.80. The van der Waals surface area contributed by atoms with Crippen LogP contribution in [0.1, 0.15) is 25.0 Å². The Morgan fingerprint density at radius 2 is 1.92 bits per heavy atom. The van der Waals surface area contributed by atoms with Gasteiger partial charge in [-0.15, -0.1) is 0 Å². The Morgan fingerprint density at radius 3 is 2.38 bits per heavy atom. The molecule has 1 rings (SSSR count). The van der Waals surface area contributed by atoms with Crippen molar-refractivity contribution in [3.63, 3.8) is 0 Å². The van der Waals surface area contributed by atoms with E-state index in [9.17, 15) is 0 Å². The summed E-state index contributed by atoms with van der Waals surface area (Å²) in [5.41, 5.74) is 2.27. The van der Waals surface area contributed by atoms with Gasteiger partial charge < -0.3 is 4.74 Å². The zero-order valence-corrected chi connectivity index (χ0v) is 8.92. The summed E-state index contributed by atoms with van der Waals surface area (Å²) >= 11 is 0. The van der Waals surface area contributed by atoms with Crippen molar-refractivity contribution in [2.75, 3.05) is 7.11 Å². The zero-order chi connectivity index (χ0) is 10.3. The molecule has 0 fully saturated rings. The molecule has 72 valence electrons. The monoisotopic (exact) mass is 178 g/mol. The highest BCUT2D eigenvalue weighted by atomic mass is 16.5. The van der Waals surface area contributed by atoms with Crippen molar-refractivity contribution in [2.24, 2.45) is 0 Å². The maximum atomic E-state index is 5.12. The second-order valence-electron chi connectivity index (χ2n) is 2.45. The van der Waals surface area contributed by atoms with Crippen molar-refractivity contribution in [1.82, 2.24) is 0 Å². The first-order valence-corrected chi connectivity index (χ1v) is 4.55. The van der Waals surface area contributed by atoms with Gasteiger partial charge in [0.15, 0.2) is 0 Å². The smallest absolute Gasteiger partial charge is 0.126 e. The van der Waals surface area contributed by atoms with E-state index in [2.05, 4.69) is 6.58 Å². The highest BCUT2D eigenvalue weighted by Gasteiger charge is 1.96. The first-order valence-electron chi connectivity index (χ1n) is 4.55. The van der Waals surface area contributed by atoms with Crippen LogP contribution in [0, 0.1) is 6.92 Å². The van der Waals surface area contributed by atoms with Crippen molar-refractivity contribution in [3.8, 4) is 5.75 Å². The SMILES string of the molecule is C=Cc1cc(C)ccc1OC.CC. The fourth-order valence-electron chi connectivity index (χ4n) is 1.01. The molecule has 0 radical (unpaired) electrons. The van der Waals surface area contributed by atoms with Crippen LogP contribution in [0.25, 0.3) is 6.08 Å². The molecule has 0 heterocycles. The molecule has 0 aliphatic heterocycles. The fraction of sp³-hybridized carbons (Fsp3) is 0.333. The van der Waals surface area contributed by atoms with Crippen molar-refractivity contribution in [2.45, 2.75) is 20.8 Å². The van der Waals surface area contributed by atoms with Gasteiger partial charge in [0.05, 0.1) is 7.11 Å². The van der Waals surface area contributed by atoms with Crippen LogP contribution in [0.3, 0.4) is 0 Å². The van der Waals surface area contributed by atoms with E-state index in [4.69, 9.17) is 4.74 Å². The molecule has 1 aromatic carbocycles. The van der Waals surface area contributed by atoms with E-state index in [0.717, 1.165) is 11.3 Å². The van der Waals surface area contributed by atoms with Gasteiger partial charge in [-0.2, -0.15) is 0 Å². The molecule has 0 aliphatic carbocycles. The average Bonchev–Trinajstić information content (AvgIpc) is 2.20. The zero-order valence-electron chi connectivity index (χ0n) is 8.92. The standard InChI is InChI=1S/C10H12O.C2H6/c1-4-9-7-8(2)5-6-10(9)11-3;1-2/h4-7H,1H2,2-3H3;1-2H3. The van der Waals surface area contributed by atoms with E-state index in [1.54, 1.807) is 13.2 Å². The van der Waals surface area contributed by atoms with Crippen LogP contribution in [0.4, 0.5) is 0 Å². The lowest BCUT2D eigenvalue weighted by Crippen LogP contribution is -1.86. The molecule has 1 aromatic rings. The Morgan fingerprint density at radius 1 is 1.31 bits per heavy atom. The number of aryl methyl sites for hydroxylation is 1. The quantitative estimate of drug-likeness (QED) is 0.671. The van der Waals surface area contributed by atoms with E-state index in [0.29, 0.717) is 0 Å². The minimum atomic E-state index is 0.880. The highest BCUT2D eigenvalue weighted by Crippen LogP contribution is 2.19. The number of rotatable bonds is 2. The second kappa shape index (κ2) is 6.30. The van der Waals surface area contributed by atoms with Gasteiger partial charge in [0.2, 0.25) is 0 Å². The first-order chi connectivity index (χ1) is 6.27. The lowest BCUT2D eigenvalue weighted by atomic mass is 10.1. The van der Waals surface area contributed by atoms with Gasteiger partial charge in [-0.05, 0) is 19.1 Å². The summed E-state index contributed by atoms with van der Waals surface area (Å²) < 4.78 is 5.12. The minimum absolute atomic E-state index is 0.880. The van der Waals surface area contributed by atoms with Gasteiger partial charge in [0.25, 0.3) is 0 Å². The normalized spacial score (nSPS) is 8.31. The van der Waals surface area contributed by atoms with Crippen LogP contribution in [-0.2, 0) is 0 Å². The van der Waals surface area contributed by atoms with Gasteiger partial charge in [0.1, 0.15) is 5.75 Å². The molecule has 13 heavy (non-hydrogen) atoms. The minimum Gasteiger partial charge on any atom is -0.496 e. The lowest BCUT2D eigenvalue weighted by molar-refractivity contribution is 0.414. The molecular formula is C12H18O. The van der Waals surface area contributed by atoms with E-state index in [1.165, 1.54) is 5.56 Å². The maximum absolute atomic E-state index is 5.12. The predicted molar refractivity (Wildman–Crippen MR) is 59.2 cm³/mol. The number of ether oxygens (including phenoxy) is 1. The Hall–Kier alpha value is -1.24. The van der Waals surface area contributed by atoms with Crippen LogP contribution >= 0.6 is 0 Å². The topological polar surface area (TPSA) is 9.23 Å². The number of hydrogen-bond donors (Lipinski definition) is 0. The predicted octanol–water partition coefficient (Wildman–Crippen LogP) is 3.67. The molecule has 0 atom stereocenters. The second-order valence-corrected chi connectivity index (χ2v) is 2.45. The summed E-state index contributed by atoms with van der Waals surface area (Å²) in [6.45, 7) is 9.75. The van der Waals surface area contributed by atoms with Crippen LogP contribution in [0.2, 0.25) is 0 Å². The fourth-order valence-corrected chi connectivity index (χ4v) is 1.01. The van der Waals surface area contributed by atoms with Crippen molar-refractivity contribution >= 4 is 6.08 Å². The molecule has 1 nitrogen and oxygen atoms in total. The Labute approximate surface area is 81.1 Å². The third kappa shape index (κ3) is 3.32. The van der Waals surface area contributed by atoms with Crippen LogP contribution in [0.15, 0.2) is 24.8 Å². The number of hydrogen-bond acceptors (Lipinski definition) is 1. The van der Waals surface area contributed by atoms with Gasteiger partial charge in [-0.3, -0.25) is 0 Å². The van der Waals surface area contributed by atoms with Crippen LogP contribution in [0.5, 0.6) is 5.75 Å². The van der Waals surface area contributed by atoms with E-state index in [1.807, 2.05) is 39.0 Å². The number of benzene rings is 1. The third-order valence-corrected chi connectivity index (χ3v) is 1.61.